The third kappa shape index (κ3) is 4.83. The zero-order valence-electron chi connectivity index (χ0n) is 18.1. The van der Waals surface area contributed by atoms with E-state index in [1.54, 1.807) is 13.8 Å². The molecule has 2 aliphatic carbocycles. The second-order valence-corrected chi connectivity index (χ2v) is 8.82. The molecule has 1 saturated carbocycles. The molecule has 0 bridgehead atoms. The Labute approximate surface area is 168 Å². The summed E-state index contributed by atoms with van der Waals surface area (Å²) >= 11 is 0. The maximum atomic E-state index is 12.8. The van der Waals surface area contributed by atoms with Crippen LogP contribution in [-0.4, -0.2) is 42.6 Å². The summed E-state index contributed by atoms with van der Waals surface area (Å²) < 4.78 is 16.4. The molecule has 0 spiro atoms. The number of Topliss-reactive ketones (excluding diaryl/α,β-unsaturated/α-hetero) is 1. The molecule has 0 saturated heterocycles. The van der Waals surface area contributed by atoms with Crippen LogP contribution in [0.5, 0.6) is 0 Å². The molecule has 0 unspecified atom stereocenters. The maximum Gasteiger partial charge on any atom is 0.320 e. The molecule has 0 aromatic carbocycles. The summed E-state index contributed by atoms with van der Waals surface area (Å²) in [6, 6.07) is 0. The molecule has 158 valence electrons. The average Bonchev–Trinajstić information content (AvgIpc) is 2.90. The topological polar surface area (TPSA) is 78.9 Å². The van der Waals surface area contributed by atoms with Crippen LogP contribution >= 0.6 is 0 Å². The highest BCUT2D eigenvalue weighted by Gasteiger charge is 2.50. The summed E-state index contributed by atoms with van der Waals surface area (Å²) in [5.74, 6) is -2.34. The fourth-order valence-corrected chi connectivity index (χ4v) is 4.38. The minimum absolute atomic E-state index is 0.0162. The zero-order valence-corrected chi connectivity index (χ0v) is 18.1. The second-order valence-electron chi connectivity index (χ2n) is 8.82. The van der Waals surface area contributed by atoms with E-state index in [1.165, 1.54) is 0 Å². The lowest BCUT2D eigenvalue weighted by Gasteiger charge is -2.40. The van der Waals surface area contributed by atoms with E-state index in [2.05, 4.69) is 6.92 Å². The summed E-state index contributed by atoms with van der Waals surface area (Å²) in [7, 11) is 0. The van der Waals surface area contributed by atoms with Crippen molar-refractivity contribution in [3.05, 3.63) is 11.1 Å². The fourth-order valence-electron chi connectivity index (χ4n) is 4.38. The summed E-state index contributed by atoms with van der Waals surface area (Å²) in [5, 5.41) is 0. The third-order valence-electron chi connectivity index (χ3n) is 5.68. The van der Waals surface area contributed by atoms with Gasteiger partial charge in [-0.1, -0.05) is 12.5 Å². The van der Waals surface area contributed by atoms with Gasteiger partial charge < -0.3 is 14.2 Å². The Balaban J connectivity index is 2.36. The van der Waals surface area contributed by atoms with E-state index >= 15 is 0 Å². The van der Waals surface area contributed by atoms with Crippen molar-refractivity contribution in [3.63, 3.8) is 0 Å². The smallest absolute Gasteiger partial charge is 0.320 e. The SMILES string of the molecule is CCOC(=O)C(CC1=C2CC[C@H](OC(C)(C)C)[C@@]2(C)CCC1=O)C(=O)OCC. The fraction of sp³-hybridized carbons (Fsp3) is 0.773. The molecular formula is C22H34O6. The van der Waals surface area contributed by atoms with Crippen LogP contribution in [-0.2, 0) is 28.6 Å². The van der Waals surface area contributed by atoms with E-state index in [0.717, 1.165) is 24.8 Å². The number of rotatable bonds is 7. The Bertz CT molecular complexity index is 638. The highest BCUT2D eigenvalue weighted by molar-refractivity contribution is 6.01. The highest BCUT2D eigenvalue weighted by atomic mass is 16.6. The van der Waals surface area contributed by atoms with Crippen molar-refractivity contribution in [2.24, 2.45) is 11.3 Å². The predicted molar refractivity (Wildman–Crippen MR) is 105 cm³/mol. The van der Waals surface area contributed by atoms with Crippen LogP contribution in [0.25, 0.3) is 0 Å². The van der Waals surface area contributed by atoms with Gasteiger partial charge in [0.2, 0.25) is 0 Å². The molecule has 28 heavy (non-hydrogen) atoms. The van der Waals surface area contributed by atoms with Crippen LogP contribution in [0.2, 0.25) is 0 Å². The van der Waals surface area contributed by atoms with E-state index in [0.29, 0.717) is 12.0 Å². The van der Waals surface area contributed by atoms with Crippen LogP contribution in [0.3, 0.4) is 0 Å². The number of carbonyl (C=O) groups is 3. The summed E-state index contributed by atoms with van der Waals surface area (Å²) in [6.45, 7) is 12.0. The number of ether oxygens (including phenoxy) is 3. The Morgan fingerprint density at radius 2 is 1.68 bits per heavy atom. The van der Waals surface area contributed by atoms with E-state index in [1.807, 2.05) is 20.8 Å². The molecule has 6 nitrogen and oxygen atoms in total. The molecule has 2 atom stereocenters. The number of hydrogen-bond acceptors (Lipinski definition) is 6. The van der Waals surface area contributed by atoms with E-state index in [4.69, 9.17) is 14.2 Å². The number of esters is 2. The summed E-state index contributed by atoms with van der Waals surface area (Å²) in [4.78, 5) is 37.5. The Morgan fingerprint density at radius 1 is 1.11 bits per heavy atom. The number of fused-ring (bicyclic) bond motifs is 1. The number of hydrogen-bond donors (Lipinski definition) is 0. The second kappa shape index (κ2) is 8.76. The van der Waals surface area contributed by atoms with Gasteiger partial charge in [-0.25, -0.2) is 0 Å². The number of ketones is 1. The van der Waals surface area contributed by atoms with E-state index in [-0.39, 0.29) is 42.5 Å². The average molecular weight is 395 g/mol. The molecule has 0 heterocycles. The van der Waals surface area contributed by atoms with Crippen molar-refractivity contribution in [1.82, 2.24) is 0 Å². The van der Waals surface area contributed by atoms with Gasteiger partial charge in [0.25, 0.3) is 0 Å². The minimum Gasteiger partial charge on any atom is -0.465 e. The first-order valence-electron chi connectivity index (χ1n) is 10.3. The predicted octanol–water partition coefficient (Wildman–Crippen LogP) is 3.76. The van der Waals surface area contributed by atoms with E-state index in [9.17, 15) is 14.4 Å². The molecule has 1 fully saturated rings. The third-order valence-corrected chi connectivity index (χ3v) is 5.68. The van der Waals surface area contributed by atoms with Gasteiger partial charge in [-0.3, -0.25) is 14.4 Å². The van der Waals surface area contributed by atoms with Gasteiger partial charge >= 0.3 is 11.9 Å². The molecule has 2 aliphatic rings. The van der Waals surface area contributed by atoms with Gasteiger partial charge in [0.15, 0.2) is 11.7 Å². The molecule has 0 amide bonds. The first-order chi connectivity index (χ1) is 13.0. The first-order valence-corrected chi connectivity index (χ1v) is 10.3. The molecule has 0 aliphatic heterocycles. The van der Waals surface area contributed by atoms with Crippen molar-refractivity contribution >= 4 is 17.7 Å². The summed E-state index contributed by atoms with van der Waals surface area (Å²) in [6.07, 6.45) is 2.78. The van der Waals surface area contributed by atoms with Crippen molar-refractivity contribution < 1.29 is 28.6 Å². The Kier molecular flexibility index (Phi) is 7.07. The van der Waals surface area contributed by atoms with Crippen LogP contribution in [0.1, 0.15) is 73.6 Å². The maximum absolute atomic E-state index is 12.8. The molecule has 2 rings (SSSR count). The summed E-state index contributed by atoms with van der Waals surface area (Å²) in [5.41, 5.74) is 1.12. The molecule has 0 aromatic heterocycles. The minimum atomic E-state index is -1.10. The van der Waals surface area contributed by atoms with Crippen molar-refractivity contribution in [2.45, 2.75) is 85.4 Å². The highest BCUT2D eigenvalue weighted by Crippen LogP contribution is 2.53. The van der Waals surface area contributed by atoms with Crippen LogP contribution in [0, 0.1) is 11.3 Å². The van der Waals surface area contributed by atoms with Crippen LogP contribution in [0.4, 0.5) is 0 Å². The standard InChI is InChI=1S/C22H34O6/c1-7-26-19(24)15(20(25)27-8-2)13-14-16-9-10-18(28-21(3,4)5)22(16,6)12-11-17(14)23/h15,18H,7-13H2,1-6H3/t18-,22-/m0/s1. The van der Waals surface area contributed by atoms with E-state index < -0.39 is 17.9 Å². The quantitative estimate of drug-likeness (QED) is 0.483. The normalized spacial score (nSPS) is 25.1. The monoisotopic (exact) mass is 394 g/mol. The molecule has 0 radical (unpaired) electrons. The van der Waals surface area contributed by atoms with Crippen molar-refractivity contribution in [3.8, 4) is 0 Å². The van der Waals surface area contributed by atoms with Crippen molar-refractivity contribution in [1.29, 1.82) is 0 Å². The van der Waals surface area contributed by atoms with Gasteiger partial charge in [-0.05, 0) is 65.9 Å². The van der Waals surface area contributed by atoms with Gasteiger partial charge in [0.05, 0.1) is 24.9 Å². The van der Waals surface area contributed by atoms with Gasteiger partial charge in [-0.15, -0.1) is 0 Å². The number of allylic oxidation sites excluding steroid dienone is 1. The number of carbonyl (C=O) groups excluding carboxylic acids is 3. The van der Waals surface area contributed by atoms with Crippen LogP contribution < -0.4 is 0 Å². The zero-order chi connectivity index (χ0) is 21.1. The largest absolute Gasteiger partial charge is 0.465 e. The lowest BCUT2D eigenvalue weighted by Crippen LogP contribution is -2.40. The van der Waals surface area contributed by atoms with Gasteiger partial charge in [0.1, 0.15) is 0 Å². The molecular weight excluding hydrogens is 360 g/mol. The van der Waals surface area contributed by atoms with Crippen molar-refractivity contribution in [2.75, 3.05) is 13.2 Å². The van der Waals surface area contributed by atoms with Gasteiger partial charge in [0, 0.05) is 11.8 Å². The lowest BCUT2D eigenvalue weighted by molar-refractivity contribution is -0.161. The molecule has 6 heteroatoms. The van der Waals surface area contributed by atoms with Crippen LogP contribution in [0.15, 0.2) is 11.1 Å². The van der Waals surface area contributed by atoms with Gasteiger partial charge in [-0.2, -0.15) is 0 Å². The molecule has 0 N–H and O–H groups in total. The lowest BCUT2D eigenvalue weighted by atomic mass is 9.69. The Hall–Kier alpha value is -1.69. The molecule has 0 aromatic rings. The Morgan fingerprint density at radius 3 is 2.18 bits per heavy atom. The first kappa shape index (κ1) is 22.6.